The average Bonchev–Trinajstić information content (AvgIpc) is 2.54. The minimum absolute atomic E-state index is 0.116. The zero-order valence-corrected chi connectivity index (χ0v) is 11.7. The first-order valence-electron chi connectivity index (χ1n) is 5.31. The van der Waals surface area contributed by atoms with E-state index in [1.807, 2.05) is 32.2 Å². The van der Waals surface area contributed by atoms with Crippen LogP contribution in [0.4, 0.5) is 4.79 Å². The van der Waals surface area contributed by atoms with Crippen LogP contribution in [0.25, 0.3) is 11.0 Å². The van der Waals surface area contributed by atoms with Gasteiger partial charge >= 0.3 is 0 Å². The van der Waals surface area contributed by atoms with E-state index in [9.17, 15) is 4.79 Å². The van der Waals surface area contributed by atoms with Crippen LogP contribution in [0.5, 0.6) is 0 Å². The molecule has 0 bridgehead atoms. The van der Waals surface area contributed by atoms with Gasteiger partial charge in [-0.05, 0) is 24.6 Å². The van der Waals surface area contributed by atoms with Gasteiger partial charge in [-0.1, -0.05) is 6.07 Å². The van der Waals surface area contributed by atoms with Crippen molar-refractivity contribution < 1.29 is 4.79 Å². The number of hydrogen-bond donors (Lipinski definition) is 0. The third kappa shape index (κ3) is 2.34. The van der Waals surface area contributed by atoms with Crippen LogP contribution in [0.3, 0.4) is 0 Å². The molecule has 1 heterocycles. The maximum absolute atomic E-state index is 11.1. The summed E-state index contributed by atoms with van der Waals surface area (Å²) in [4.78, 5) is 17.1. The van der Waals surface area contributed by atoms with Gasteiger partial charge in [0.05, 0.1) is 11.0 Å². The van der Waals surface area contributed by atoms with E-state index in [-0.39, 0.29) is 4.82 Å². The standard InChI is InChI=1S/C12H14BrN3O/c1-8-14-10-6-9(7-15(2)12(13)17)4-5-11(10)16(8)3/h4-6H,7H2,1-3H3. The number of carbonyl (C=O) groups excluding carboxylic acids is 1. The van der Waals surface area contributed by atoms with Crippen molar-refractivity contribution in [3.63, 3.8) is 0 Å². The lowest BCUT2D eigenvalue weighted by Gasteiger charge is -2.13. The van der Waals surface area contributed by atoms with E-state index in [0.29, 0.717) is 6.54 Å². The molecule has 0 spiro atoms. The smallest absolute Gasteiger partial charge is 0.289 e. The number of rotatable bonds is 2. The van der Waals surface area contributed by atoms with Gasteiger partial charge in [0, 0.05) is 36.6 Å². The van der Waals surface area contributed by atoms with Crippen molar-refractivity contribution >= 4 is 31.8 Å². The largest absolute Gasteiger partial charge is 0.332 e. The number of benzene rings is 1. The number of carbonyl (C=O) groups is 1. The maximum Gasteiger partial charge on any atom is 0.289 e. The first-order chi connectivity index (χ1) is 7.99. The number of hydrogen-bond acceptors (Lipinski definition) is 2. The van der Waals surface area contributed by atoms with Gasteiger partial charge in [0.25, 0.3) is 4.82 Å². The van der Waals surface area contributed by atoms with Crippen LogP contribution in [-0.4, -0.2) is 26.3 Å². The monoisotopic (exact) mass is 295 g/mol. The highest BCUT2D eigenvalue weighted by Crippen LogP contribution is 2.17. The Bertz CT molecular complexity index is 576. The van der Waals surface area contributed by atoms with Crippen LogP contribution in [0.2, 0.25) is 0 Å². The molecule has 90 valence electrons. The highest BCUT2D eigenvalue weighted by Gasteiger charge is 2.08. The summed E-state index contributed by atoms with van der Waals surface area (Å²) in [5.74, 6) is 0.988. The number of fused-ring (bicyclic) bond motifs is 1. The first-order valence-corrected chi connectivity index (χ1v) is 6.11. The van der Waals surface area contributed by atoms with Crippen LogP contribution < -0.4 is 0 Å². The molecule has 0 saturated heterocycles. The molecule has 0 radical (unpaired) electrons. The van der Waals surface area contributed by atoms with Crippen molar-refractivity contribution in [2.75, 3.05) is 7.05 Å². The zero-order chi connectivity index (χ0) is 12.6. The molecule has 1 aromatic carbocycles. The normalized spacial score (nSPS) is 10.8. The lowest BCUT2D eigenvalue weighted by Crippen LogP contribution is -2.19. The summed E-state index contributed by atoms with van der Waals surface area (Å²) >= 11 is 2.93. The number of amides is 1. The van der Waals surface area contributed by atoms with Crippen molar-refractivity contribution in [3.05, 3.63) is 29.6 Å². The van der Waals surface area contributed by atoms with Crippen LogP contribution in [0.15, 0.2) is 18.2 Å². The van der Waals surface area contributed by atoms with Gasteiger partial charge in [0.1, 0.15) is 5.82 Å². The summed E-state index contributed by atoms with van der Waals surface area (Å²) < 4.78 is 2.05. The molecule has 5 heteroatoms. The molecule has 0 N–H and O–H groups in total. The van der Waals surface area contributed by atoms with Gasteiger partial charge in [-0.2, -0.15) is 0 Å². The predicted octanol–water partition coefficient (Wildman–Crippen LogP) is 2.83. The van der Waals surface area contributed by atoms with Gasteiger partial charge in [-0.25, -0.2) is 4.98 Å². The van der Waals surface area contributed by atoms with E-state index in [2.05, 4.69) is 25.5 Å². The molecule has 4 nitrogen and oxygen atoms in total. The second kappa shape index (κ2) is 4.49. The quantitative estimate of drug-likeness (QED) is 0.631. The molecule has 0 saturated carbocycles. The summed E-state index contributed by atoms with van der Waals surface area (Å²) in [6.07, 6.45) is 0. The molecule has 0 aliphatic heterocycles. The van der Waals surface area contributed by atoms with Crippen molar-refractivity contribution in [1.29, 1.82) is 0 Å². The van der Waals surface area contributed by atoms with E-state index in [1.165, 1.54) is 0 Å². The Morgan fingerprint density at radius 3 is 2.88 bits per heavy atom. The van der Waals surface area contributed by atoms with E-state index < -0.39 is 0 Å². The van der Waals surface area contributed by atoms with Crippen LogP contribution in [-0.2, 0) is 13.6 Å². The van der Waals surface area contributed by atoms with Gasteiger partial charge in [-0.3, -0.25) is 4.79 Å². The van der Waals surface area contributed by atoms with E-state index in [0.717, 1.165) is 22.4 Å². The molecule has 2 rings (SSSR count). The van der Waals surface area contributed by atoms with E-state index in [4.69, 9.17) is 0 Å². The van der Waals surface area contributed by atoms with E-state index >= 15 is 0 Å². The number of aryl methyl sites for hydroxylation is 2. The molecule has 0 unspecified atom stereocenters. The second-order valence-electron chi connectivity index (χ2n) is 4.15. The molecule has 0 aliphatic carbocycles. The maximum atomic E-state index is 11.1. The minimum atomic E-state index is -0.116. The van der Waals surface area contributed by atoms with Gasteiger partial charge in [0.15, 0.2) is 0 Å². The zero-order valence-electron chi connectivity index (χ0n) is 10.1. The Morgan fingerprint density at radius 2 is 2.24 bits per heavy atom. The fourth-order valence-corrected chi connectivity index (χ4v) is 1.93. The Hall–Kier alpha value is -1.36. The lowest BCUT2D eigenvalue weighted by atomic mass is 10.2. The second-order valence-corrected chi connectivity index (χ2v) is 4.83. The fourth-order valence-electron chi connectivity index (χ4n) is 1.80. The third-order valence-electron chi connectivity index (χ3n) is 2.89. The molecule has 1 amide bonds. The van der Waals surface area contributed by atoms with Crippen LogP contribution in [0, 0.1) is 6.92 Å². The lowest BCUT2D eigenvalue weighted by molar-refractivity contribution is 0.233. The Labute approximate surface area is 108 Å². The van der Waals surface area contributed by atoms with Crippen molar-refractivity contribution in [2.45, 2.75) is 13.5 Å². The number of imidazole rings is 1. The van der Waals surface area contributed by atoms with Gasteiger partial charge < -0.3 is 9.47 Å². The summed E-state index contributed by atoms with van der Waals surface area (Å²) in [6, 6.07) is 6.09. The van der Waals surface area contributed by atoms with Crippen LogP contribution in [0.1, 0.15) is 11.4 Å². The Kier molecular flexibility index (Phi) is 3.19. The Balaban J connectivity index is 2.35. The Morgan fingerprint density at radius 1 is 1.53 bits per heavy atom. The van der Waals surface area contributed by atoms with Crippen molar-refractivity contribution in [3.8, 4) is 0 Å². The number of halogens is 1. The first kappa shape index (κ1) is 12.1. The molecule has 0 fully saturated rings. The summed E-state index contributed by atoms with van der Waals surface area (Å²) in [6.45, 7) is 2.56. The highest BCUT2D eigenvalue weighted by atomic mass is 79.9. The molecular formula is C12H14BrN3O. The third-order valence-corrected chi connectivity index (χ3v) is 3.49. The predicted molar refractivity (Wildman–Crippen MR) is 71.2 cm³/mol. The molecular weight excluding hydrogens is 282 g/mol. The summed E-state index contributed by atoms with van der Waals surface area (Å²) in [5, 5.41) is 0. The molecule has 0 atom stereocenters. The molecule has 0 aliphatic rings. The minimum Gasteiger partial charge on any atom is -0.332 e. The van der Waals surface area contributed by atoms with Crippen molar-refractivity contribution in [1.82, 2.24) is 14.5 Å². The topological polar surface area (TPSA) is 38.1 Å². The molecule has 17 heavy (non-hydrogen) atoms. The van der Waals surface area contributed by atoms with Crippen molar-refractivity contribution in [2.24, 2.45) is 7.05 Å². The fraction of sp³-hybridized carbons (Fsp3) is 0.333. The highest BCUT2D eigenvalue weighted by molar-refractivity contribution is 9.18. The summed E-state index contributed by atoms with van der Waals surface area (Å²) in [7, 11) is 3.75. The number of aromatic nitrogens is 2. The van der Waals surface area contributed by atoms with Gasteiger partial charge in [-0.15, -0.1) is 0 Å². The SMILES string of the molecule is Cc1nc2cc(CN(C)C(=O)Br)ccc2n1C. The average molecular weight is 296 g/mol. The number of nitrogens with zero attached hydrogens (tertiary/aromatic N) is 3. The summed E-state index contributed by atoms with van der Waals surface area (Å²) in [5.41, 5.74) is 3.16. The van der Waals surface area contributed by atoms with E-state index in [1.54, 1.807) is 11.9 Å². The molecule has 2 aromatic rings. The van der Waals surface area contributed by atoms with Gasteiger partial charge in [0.2, 0.25) is 0 Å². The van der Waals surface area contributed by atoms with Crippen LogP contribution >= 0.6 is 15.9 Å². The molecule has 1 aromatic heterocycles.